The molecule has 7 heteroatoms. The van der Waals surface area contributed by atoms with Crippen molar-refractivity contribution in [2.75, 3.05) is 12.4 Å². The molecule has 1 unspecified atom stereocenters. The van der Waals surface area contributed by atoms with E-state index in [1.54, 1.807) is 33.0 Å². The van der Waals surface area contributed by atoms with Crippen molar-refractivity contribution in [2.45, 2.75) is 33.4 Å². The van der Waals surface area contributed by atoms with Crippen LogP contribution in [0.3, 0.4) is 0 Å². The molecule has 0 radical (unpaired) electrons. The van der Waals surface area contributed by atoms with Gasteiger partial charge >= 0.3 is 0 Å². The molecule has 0 aliphatic rings. The van der Waals surface area contributed by atoms with Crippen LogP contribution in [-0.4, -0.2) is 28.9 Å². The van der Waals surface area contributed by atoms with Crippen LogP contribution in [0.25, 0.3) is 0 Å². The van der Waals surface area contributed by atoms with Gasteiger partial charge in [0.05, 0.1) is 6.04 Å². The number of hydrogen-bond donors (Lipinski definition) is 1. The predicted molar refractivity (Wildman–Crippen MR) is 91.7 cm³/mol. The monoisotopic (exact) mass is 346 g/mol. The summed E-state index contributed by atoms with van der Waals surface area (Å²) in [6.45, 7) is 5.87. The molecule has 0 aliphatic carbocycles. The highest BCUT2D eigenvalue weighted by molar-refractivity contribution is 6.29. The number of nitrogens with one attached hydrogen (secondary N) is 1. The average Bonchev–Trinajstić information content (AvgIpc) is 2.82. The molecule has 1 atom stereocenters. The Labute approximate surface area is 146 Å². The summed E-state index contributed by atoms with van der Waals surface area (Å²) in [4.78, 5) is 18.3. The van der Waals surface area contributed by atoms with Gasteiger partial charge in [0.2, 0.25) is 11.8 Å². The van der Waals surface area contributed by atoms with Crippen molar-refractivity contribution in [3.8, 4) is 6.07 Å². The molecular weight excluding hydrogens is 328 g/mol. The van der Waals surface area contributed by atoms with Crippen LogP contribution in [0.2, 0.25) is 5.15 Å². The number of likely N-dealkylation sites (N-methyl/N-ethyl adjacent to an activating group) is 1. The Morgan fingerprint density at radius 3 is 2.79 bits per heavy atom. The largest absolute Gasteiger partial charge is 0.444 e. The number of halogens is 1. The van der Waals surface area contributed by atoms with Crippen LogP contribution in [-0.2, 0) is 11.3 Å². The van der Waals surface area contributed by atoms with Gasteiger partial charge in [0.15, 0.2) is 0 Å². The molecule has 0 aliphatic heterocycles. The fraction of sp³-hybridized carbons (Fsp3) is 0.353. The summed E-state index contributed by atoms with van der Waals surface area (Å²) in [5, 5.41) is 12.3. The van der Waals surface area contributed by atoms with Crippen LogP contribution in [0.4, 0.5) is 5.88 Å². The summed E-state index contributed by atoms with van der Waals surface area (Å²) >= 11 is 5.77. The second kappa shape index (κ2) is 7.47. The van der Waals surface area contributed by atoms with Gasteiger partial charge in [-0.2, -0.15) is 5.26 Å². The van der Waals surface area contributed by atoms with Gasteiger partial charge in [0, 0.05) is 18.3 Å². The number of nitriles is 1. The SMILES string of the molecule is Cc1oc(NC(=O)C(C)N(C)Cc2ccc(Cl)nc2)c(C#N)c1C. The van der Waals surface area contributed by atoms with Crippen LogP contribution in [0.1, 0.15) is 29.4 Å². The molecule has 2 heterocycles. The number of furan rings is 1. The van der Waals surface area contributed by atoms with Crippen LogP contribution >= 0.6 is 11.6 Å². The lowest BCUT2D eigenvalue weighted by molar-refractivity contribution is -0.120. The topological polar surface area (TPSA) is 82.2 Å². The van der Waals surface area contributed by atoms with Gasteiger partial charge in [-0.25, -0.2) is 4.98 Å². The van der Waals surface area contributed by atoms with Crippen molar-refractivity contribution in [2.24, 2.45) is 0 Å². The van der Waals surface area contributed by atoms with Gasteiger partial charge in [0.1, 0.15) is 22.5 Å². The molecule has 2 rings (SSSR count). The molecule has 2 aromatic heterocycles. The van der Waals surface area contributed by atoms with Crippen molar-refractivity contribution < 1.29 is 9.21 Å². The zero-order valence-electron chi connectivity index (χ0n) is 14.1. The van der Waals surface area contributed by atoms with Crippen LogP contribution in [0.5, 0.6) is 0 Å². The third-order valence-corrected chi connectivity index (χ3v) is 4.22. The molecule has 0 fully saturated rings. The fourth-order valence-electron chi connectivity index (χ4n) is 2.19. The Morgan fingerprint density at radius 1 is 1.50 bits per heavy atom. The van der Waals surface area contributed by atoms with E-state index >= 15 is 0 Å². The lowest BCUT2D eigenvalue weighted by atomic mass is 10.2. The molecule has 0 saturated carbocycles. The number of rotatable bonds is 5. The molecule has 0 saturated heterocycles. The zero-order chi connectivity index (χ0) is 17.9. The minimum atomic E-state index is -0.419. The predicted octanol–water partition coefficient (Wildman–Crippen LogP) is 3.28. The minimum Gasteiger partial charge on any atom is -0.444 e. The maximum absolute atomic E-state index is 12.4. The molecule has 0 spiro atoms. The Kier molecular flexibility index (Phi) is 5.60. The number of carbonyl (C=O) groups excluding carboxylic acids is 1. The molecule has 1 amide bonds. The van der Waals surface area contributed by atoms with E-state index in [4.69, 9.17) is 16.0 Å². The summed E-state index contributed by atoms with van der Waals surface area (Å²) < 4.78 is 5.47. The van der Waals surface area contributed by atoms with Crippen molar-refractivity contribution >= 4 is 23.4 Å². The maximum atomic E-state index is 12.4. The van der Waals surface area contributed by atoms with Crippen LogP contribution in [0, 0.1) is 25.2 Å². The molecule has 6 nitrogen and oxygen atoms in total. The van der Waals surface area contributed by atoms with E-state index in [9.17, 15) is 10.1 Å². The van der Waals surface area contributed by atoms with Gasteiger partial charge < -0.3 is 4.42 Å². The maximum Gasteiger partial charge on any atom is 0.243 e. The van der Waals surface area contributed by atoms with Crippen molar-refractivity contribution in [1.82, 2.24) is 9.88 Å². The van der Waals surface area contributed by atoms with Crippen molar-refractivity contribution in [3.05, 3.63) is 45.9 Å². The summed E-state index contributed by atoms with van der Waals surface area (Å²) in [6, 6.07) is 5.22. The summed E-state index contributed by atoms with van der Waals surface area (Å²) in [5.41, 5.74) is 2.04. The number of hydrogen-bond acceptors (Lipinski definition) is 5. The van der Waals surface area contributed by atoms with E-state index in [0.717, 1.165) is 11.1 Å². The van der Waals surface area contributed by atoms with Crippen molar-refractivity contribution in [1.29, 1.82) is 5.26 Å². The first-order valence-corrected chi connectivity index (χ1v) is 7.83. The molecule has 2 aromatic rings. The highest BCUT2D eigenvalue weighted by atomic mass is 35.5. The quantitative estimate of drug-likeness (QED) is 0.840. The number of pyridine rings is 1. The highest BCUT2D eigenvalue weighted by Crippen LogP contribution is 2.25. The summed E-state index contributed by atoms with van der Waals surface area (Å²) in [5.74, 6) is 0.575. The lowest BCUT2D eigenvalue weighted by Crippen LogP contribution is -2.39. The van der Waals surface area contributed by atoms with E-state index in [1.807, 2.05) is 18.0 Å². The van der Waals surface area contributed by atoms with E-state index in [1.165, 1.54) is 0 Å². The zero-order valence-corrected chi connectivity index (χ0v) is 14.8. The summed E-state index contributed by atoms with van der Waals surface area (Å²) in [6.07, 6.45) is 1.68. The first kappa shape index (κ1) is 18.0. The Morgan fingerprint density at radius 2 is 2.21 bits per heavy atom. The molecule has 0 aromatic carbocycles. The Hall–Kier alpha value is -2.36. The van der Waals surface area contributed by atoms with Gasteiger partial charge in [-0.3, -0.25) is 15.0 Å². The van der Waals surface area contributed by atoms with Gasteiger partial charge in [0.25, 0.3) is 0 Å². The first-order valence-electron chi connectivity index (χ1n) is 7.45. The van der Waals surface area contributed by atoms with Gasteiger partial charge in [-0.1, -0.05) is 17.7 Å². The number of amides is 1. The van der Waals surface area contributed by atoms with E-state index < -0.39 is 6.04 Å². The van der Waals surface area contributed by atoms with Crippen LogP contribution < -0.4 is 5.32 Å². The number of aromatic nitrogens is 1. The van der Waals surface area contributed by atoms with Gasteiger partial charge in [-0.15, -0.1) is 0 Å². The number of carbonyl (C=O) groups is 1. The average molecular weight is 347 g/mol. The van der Waals surface area contributed by atoms with Gasteiger partial charge in [-0.05, 0) is 39.4 Å². The molecular formula is C17H19ClN4O2. The van der Waals surface area contributed by atoms with Crippen LogP contribution in [0.15, 0.2) is 22.7 Å². The third kappa shape index (κ3) is 3.94. The minimum absolute atomic E-state index is 0.200. The third-order valence-electron chi connectivity index (χ3n) is 4.00. The first-order chi connectivity index (χ1) is 11.3. The second-order valence-corrected chi connectivity index (χ2v) is 6.06. The molecule has 1 N–H and O–H groups in total. The molecule has 24 heavy (non-hydrogen) atoms. The Balaban J connectivity index is 2.05. The standard InChI is InChI=1S/C17H19ClN4O2/c1-10-12(3)24-17(14(10)7-19)21-16(23)11(2)22(4)9-13-5-6-15(18)20-8-13/h5-6,8,11H,9H2,1-4H3,(H,21,23). The number of anilines is 1. The molecule has 126 valence electrons. The van der Waals surface area contributed by atoms with Crippen molar-refractivity contribution in [3.63, 3.8) is 0 Å². The van der Waals surface area contributed by atoms with E-state index in [0.29, 0.717) is 23.0 Å². The highest BCUT2D eigenvalue weighted by Gasteiger charge is 2.22. The number of nitrogens with zero attached hydrogens (tertiary/aromatic N) is 3. The second-order valence-electron chi connectivity index (χ2n) is 5.67. The summed E-state index contributed by atoms with van der Waals surface area (Å²) in [7, 11) is 1.84. The van der Waals surface area contributed by atoms with E-state index in [-0.39, 0.29) is 11.8 Å². The smallest absolute Gasteiger partial charge is 0.243 e. The fourth-order valence-corrected chi connectivity index (χ4v) is 2.30. The Bertz CT molecular complexity index is 777. The normalized spacial score (nSPS) is 12.0. The molecule has 0 bridgehead atoms. The van der Waals surface area contributed by atoms with E-state index in [2.05, 4.69) is 16.4 Å². The number of aryl methyl sites for hydroxylation is 1. The lowest BCUT2D eigenvalue weighted by Gasteiger charge is -2.23.